The molecule has 17 heavy (non-hydrogen) atoms. The maximum absolute atomic E-state index is 13.6. The summed E-state index contributed by atoms with van der Waals surface area (Å²) in [6, 6.07) is 4.72. The van der Waals surface area contributed by atoms with E-state index in [1.165, 1.54) is 12.1 Å². The van der Waals surface area contributed by atoms with Gasteiger partial charge in [-0.25, -0.2) is 9.18 Å². The van der Waals surface area contributed by atoms with Crippen molar-refractivity contribution < 1.29 is 13.9 Å². The number of hydrogen-bond donors (Lipinski definition) is 1. The molecule has 1 aromatic rings. The van der Waals surface area contributed by atoms with Gasteiger partial charge in [-0.2, -0.15) is 0 Å². The summed E-state index contributed by atoms with van der Waals surface area (Å²) < 4.78 is 18.6. The van der Waals surface area contributed by atoms with Crippen molar-refractivity contribution in [3.05, 3.63) is 29.6 Å². The molecule has 1 amide bonds. The molecular formula is C13H18FNO2. The van der Waals surface area contributed by atoms with Crippen molar-refractivity contribution in [3.63, 3.8) is 0 Å². The van der Waals surface area contributed by atoms with E-state index in [4.69, 9.17) is 4.74 Å². The van der Waals surface area contributed by atoms with Crippen LogP contribution in [0.3, 0.4) is 0 Å². The summed E-state index contributed by atoms with van der Waals surface area (Å²) in [5.74, 6) is -0.449. The topological polar surface area (TPSA) is 38.3 Å². The Kier molecular flexibility index (Phi) is 4.10. The molecule has 0 spiro atoms. The predicted octanol–water partition coefficient (Wildman–Crippen LogP) is 3.74. The first-order valence-electron chi connectivity index (χ1n) is 5.60. The van der Waals surface area contributed by atoms with Crippen molar-refractivity contribution in [3.8, 4) is 0 Å². The van der Waals surface area contributed by atoms with Gasteiger partial charge in [-0.05, 0) is 44.9 Å². The maximum atomic E-state index is 13.6. The van der Waals surface area contributed by atoms with E-state index in [-0.39, 0.29) is 5.69 Å². The third kappa shape index (κ3) is 4.43. The van der Waals surface area contributed by atoms with E-state index in [0.717, 1.165) is 12.0 Å². The second-order valence-corrected chi connectivity index (χ2v) is 4.79. The number of benzene rings is 1. The van der Waals surface area contributed by atoms with Gasteiger partial charge in [0, 0.05) is 0 Å². The fourth-order valence-electron chi connectivity index (χ4n) is 1.29. The van der Waals surface area contributed by atoms with Gasteiger partial charge in [-0.15, -0.1) is 0 Å². The number of aryl methyl sites for hydroxylation is 1. The Morgan fingerprint density at radius 2 is 2.06 bits per heavy atom. The van der Waals surface area contributed by atoms with E-state index in [2.05, 4.69) is 5.32 Å². The first-order valence-corrected chi connectivity index (χ1v) is 5.60. The molecule has 0 aliphatic rings. The van der Waals surface area contributed by atoms with Crippen LogP contribution in [0.2, 0.25) is 0 Å². The minimum Gasteiger partial charge on any atom is -0.444 e. The summed E-state index contributed by atoms with van der Waals surface area (Å²) in [4.78, 5) is 11.4. The molecule has 0 heterocycles. The number of nitrogens with one attached hydrogen (secondary N) is 1. The van der Waals surface area contributed by atoms with Crippen molar-refractivity contribution in [1.29, 1.82) is 0 Å². The Morgan fingerprint density at radius 1 is 1.41 bits per heavy atom. The first-order chi connectivity index (χ1) is 7.81. The second kappa shape index (κ2) is 5.17. The van der Waals surface area contributed by atoms with Crippen LogP contribution in [0.1, 0.15) is 33.3 Å². The van der Waals surface area contributed by atoms with E-state index < -0.39 is 17.5 Å². The van der Waals surface area contributed by atoms with Crippen LogP contribution in [-0.4, -0.2) is 11.7 Å². The van der Waals surface area contributed by atoms with Crippen LogP contribution in [-0.2, 0) is 11.2 Å². The van der Waals surface area contributed by atoms with Crippen molar-refractivity contribution in [1.82, 2.24) is 0 Å². The minimum atomic E-state index is -0.652. The average molecular weight is 239 g/mol. The zero-order chi connectivity index (χ0) is 13.1. The monoisotopic (exact) mass is 239 g/mol. The van der Waals surface area contributed by atoms with E-state index in [0.29, 0.717) is 0 Å². The molecule has 1 N–H and O–H groups in total. The normalized spacial score (nSPS) is 11.1. The lowest BCUT2D eigenvalue weighted by atomic mass is 10.1. The Bertz CT molecular complexity index is 410. The van der Waals surface area contributed by atoms with Crippen molar-refractivity contribution >= 4 is 11.8 Å². The van der Waals surface area contributed by atoms with Crippen LogP contribution in [0, 0.1) is 5.82 Å². The molecule has 0 atom stereocenters. The Morgan fingerprint density at radius 3 is 2.53 bits per heavy atom. The third-order valence-corrected chi connectivity index (χ3v) is 2.08. The van der Waals surface area contributed by atoms with Crippen LogP contribution in [0.25, 0.3) is 0 Å². The molecule has 1 rings (SSSR count). The SMILES string of the molecule is CCc1ccc(NC(=O)OC(C)(C)C)c(F)c1. The number of halogens is 1. The van der Waals surface area contributed by atoms with Gasteiger partial charge in [0.2, 0.25) is 0 Å². The molecule has 0 fully saturated rings. The highest BCUT2D eigenvalue weighted by atomic mass is 19.1. The second-order valence-electron chi connectivity index (χ2n) is 4.79. The summed E-state index contributed by atoms with van der Waals surface area (Å²) in [5.41, 5.74) is 0.429. The van der Waals surface area contributed by atoms with Crippen molar-refractivity contribution in [2.45, 2.75) is 39.7 Å². The van der Waals surface area contributed by atoms with Gasteiger partial charge in [-0.1, -0.05) is 13.0 Å². The first kappa shape index (κ1) is 13.5. The summed E-state index contributed by atoms with van der Waals surface area (Å²) in [5, 5.41) is 2.38. The van der Waals surface area contributed by atoms with E-state index >= 15 is 0 Å². The fraction of sp³-hybridized carbons (Fsp3) is 0.462. The molecular weight excluding hydrogens is 221 g/mol. The fourth-order valence-corrected chi connectivity index (χ4v) is 1.29. The molecule has 3 nitrogen and oxygen atoms in total. The van der Waals surface area contributed by atoms with Crippen LogP contribution >= 0.6 is 0 Å². The van der Waals surface area contributed by atoms with Crippen LogP contribution in [0.5, 0.6) is 0 Å². The van der Waals surface area contributed by atoms with Crippen LogP contribution < -0.4 is 5.32 Å². The van der Waals surface area contributed by atoms with Gasteiger partial charge in [0.1, 0.15) is 11.4 Å². The number of anilines is 1. The smallest absolute Gasteiger partial charge is 0.412 e. The van der Waals surface area contributed by atoms with Crippen LogP contribution in [0.4, 0.5) is 14.9 Å². The van der Waals surface area contributed by atoms with Crippen molar-refractivity contribution in [2.24, 2.45) is 0 Å². The molecule has 0 saturated carbocycles. The predicted molar refractivity (Wildman–Crippen MR) is 65.6 cm³/mol. The number of carbonyl (C=O) groups excluding carboxylic acids is 1. The summed E-state index contributed by atoms with van der Waals surface area (Å²) in [6.07, 6.45) is 0.101. The van der Waals surface area contributed by atoms with E-state index in [1.807, 2.05) is 6.92 Å². The van der Waals surface area contributed by atoms with Crippen LogP contribution in [0.15, 0.2) is 18.2 Å². The maximum Gasteiger partial charge on any atom is 0.412 e. The van der Waals surface area contributed by atoms with Gasteiger partial charge in [-0.3, -0.25) is 5.32 Å². The zero-order valence-electron chi connectivity index (χ0n) is 10.6. The lowest BCUT2D eigenvalue weighted by molar-refractivity contribution is 0.0635. The standard InChI is InChI=1S/C13H18FNO2/c1-5-9-6-7-11(10(14)8-9)15-12(16)17-13(2,3)4/h6-8H,5H2,1-4H3,(H,15,16). The summed E-state index contributed by atoms with van der Waals surface area (Å²) in [6.45, 7) is 7.20. The van der Waals surface area contributed by atoms with Gasteiger partial charge < -0.3 is 4.74 Å². The summed E-state index contributed by atoms with van der Waals surface area (Å²) >= 11 is 0. The molecule has 4 heteroatoms. The molecule has 94 valence electrons. The number of rotatable bonds is 2. The van der Waals surface area contributed by atoms with Gasteiger partial charge in [0.15, 0.2) is 0 Å². The molecule has 1 aromatic carbocycles. The molecule has 0 aliphatic carbocycles. The number of carbonyl (C=O) groups is 1. The molecule has 0 saturated heterocycles. The number of ether oxygens (including phenoxy) is 1. The van der Waals surface area contributed by atoms with Crippen molar-refractivity contribution in [2.75, 3.05) is 5.32 Å². The molecule has 0 bridgehead atoms. The lowest BCUT2D eigenvalue weighted by Gasteiger charge is -2.19. The third-order valence-electron chi connectivity index (χ3n) is 2.08. The van der Waals surface area contributed by atoms with Gasteiger partial charge >= 0.3 is 6.09 Å². The quantitative estimate of drug-likeness (QED) is 0.853. The minimum absolute atomic E-state index is 0.136. The van der Waals surface area contributed by atoms with Gasteiger partial charge in [0.25, 0.3) is 0 Å². The molecule has 0 aliphatic heterocycles. The zero-order valence-corrected chi connectivity index (χ0v) is 10.6. The highest BCUT2D eigenvalue weighted by Crippen LogP contribution is 2.17. The number of amides is 1. The number of hydrogen-bond acceptors (Lipinski definition) is 2. The Balaban J connectivity index is 2.72. The molecule has 0 radical (unpaired) electrons. The van der Waals surface area contributed by atoms with E-state index in [9.17, 15) is 9.18 Å². The molecule has 0 aromatic heterocycles. The Hall–Kier alpha value is -1.58. The largest absolute Gasteiger partial charge is 0.444 e. The van der Waals surface area contributed by atoms with E-state index in [1.54, 1.807) is 26.8 Å². The summed E-state index contributed by atoms with van der Waals surface area (Å²) in [7, 11) is 0. The molecule has 0 unspecified atom stereocenters. The average Bonchev–Trinajstić information content (AvgIpc) is 2.18. The lowest BCUT2D eigenvalue weighted by Crippen LogP contribution is -2.27. The van der Waals surface area contributed by atoms with Gasteiger partial charge in [0.05, 0.1) is 5.69 Å². The highest BCUT2D eigenvalue weighted by Gasteiger charge is 2.17. The Labute approximate surface area is 101 Å². The highest BCUT2D eigenvalue weighted by molar-refractivity contribution is 5.85.